The molecule has 0 spiro atoms. The summed E-state index contributed by atoms with van der Waals surface area (Å²) in [6.45, 7) is 1.79. The molecule has 0 saturated carbocycles. The van der Waals surface area contributed by atoms with Gasteiger partial charge < -0.3 is 89.9 Å². The molecule has 17 atom stereocenters. The van der Waals surface area contributed by atoms with Gasteiger partial charge >= 0.3 is 0 Å². The summed E-state index contributed by atoms with van der Waals surface area (Å²) < 4.78 is 34.5. The van der Waals surface area contributed by atoms with Crippen molar-refractivity contribution >= 4 is 5.91 Å². The summed E-state index contributed by atoms with van der Waals surface area (Å²) in [5.74, 6) is -0.276. The highest BCUT2D eigenvalue weighted by atomic mass is 16.8. The molecule has 0 bridgehead atoms. The van der Waals surface area contributed by atoms with Crippen LogP contribution >= 0.6 is 0 Å². The van der Waals surface area contributed by atoms with E-state index in [0.29, 0.717) is 12.8 Å². The van der Waals surface area contributed by atoms with Crippen LogP contribution in [0.4, 0.5) is 0 Å². The standard InChI is InChI=1S/C95H179NO18/c1-3-5-7-9-11-13-15-17-19-21-23-25-27-29-31-33-35-36-37-38-39-40-41-42-43-45-47-49-51-53-55-57-59-61-63-65-67-69-71-73-83(101)96-78(79(100)72-70-68-66-64-62-60-58-56-54-52-50-48-46-44-34-32-30-28-26-24-22-20-18-16-14-12-10-8-6-4-2)77-109-93-89(107)86(104)91(81(75-98)111-93)114-95-90(108)87(105)92(82(76-99)112-95)113-94-88(106)85(103)84(102)80(74-97)110-94/h21,23,62,64,70,72,78-82,84-95,97-100,102-108H,3-20,22,24-61,63,65-69,71,73-77H2,1-2H3,(H,96,101)/b23-21-,64-62+,72-70+. The third-order valence-corrected chi connectivity index (χ3v) is 24.2. The van der Waals surface area contributed by atoms with Crippen molar-refractivity contribution in [3.05, 3.63) is 36.5 Å². The van der Waals surface area contributed by atoms with Crippen LogP contribution in [0.3, 0.4) is 0 Å². The number of carbonyl (C=O) groups is 1. The third-order valence-electron chi connectivity index (χ3n) is 24.2. The zero-order valence-electron chi connectivity index (χ0n) is 72.8. The Bertz CT molecular complexity index is 2190. The van der Waals surface area contributed by atoms with Crippen molar-refractivity contribution in [1.82, 2.24) is 5.32 Å². The van der Waals surface area contributed by atoms with Gasteiger partial charge in [0.25, 0.3) is 0 Å². The molecule has 3 fully saturated rings. The molecule has 0 radical (unpaired) electrons. The Balaban J connectivity index is 1.30. The molecule has 3 aliphatic heterocycles. The smallest absolute Gasteiger partial charge is 0.220 e. The molecular formula is C95H179NO18. The fourth-order valence-corrected chi connectivity index (χ4v) is 16.5. The topological polar surface area (TPSA) is 307 Å². The second kappa shape index (κ2) is 74.8. The highest BCUT2D eigenvalue weighted by Gasteiger charge is 2.54. The maximum atomic E-state index is 13.5. The molecular weight excluding hydrogens is 1440 g/mol. The number of hydrogen-bond acceptors (Lipinski definition) is 18. The van der Waals surface area contributed by atoms with E-state index in [-0.39, 0.29) is 18.9 Å². The summed E-state index contributed by atoms with van der Waals surface area (Å²) >= 11 is 0. The van der Waals surface area contributed by atoms with E-state index in [1.165, 1.54) is 360 Å². The van der Waals surface area contributed by atoms with Gasteiger partial charge in [-0.15, -0.1) is 0 Å². The Labute approximate surface area is 695 Å². The lowest BCUT2D eigenvalue weighted by molar-refractivity contribution is -0.379. The van der Waals surface area contributed by atoms with E-state index >= 15 is 0 Å². The van der Waals surface area contributed by atoms with E-state index in [9.17, 15) is 61.0 Å². The maximum Gasteiger partial charge on any atom is 0.220 e. The normalized spacial score (nSPS) is 24.8. The van der Waals surface area contributed by atoms with Crippen LogP contribution in [0.1, 0.15) is 431 Å². The quantitative estimate of drug-likeness (QED) is 0.0199. The molecule has 19 heteroatoms. The van der Waals surface area contributed by atoms with Gasteiger partial charge in [-0.2, -0.15) is 0 Å². The van der Waals surface area contributed by atoms with E-state index in [0.717, 1.165) is 38.5 Å². The second-order valence-electron chi connectivity index (χ2n) is 34.5. The number of unbranched alkanes of at least 4 members (excludes halogenated alkanes) is 60. The first-order valence-corrected chi connectivity index (χ1v) is 48.2. The Kier molecular flexibility index (Phi) is 69.7. The zero-order chi connectivity index (χ0) is 82.4. The molecule has 672 valence electrons. The van der Waals surface area contributed by atoms with E-state index in [1.54, 1.807) is 6.08 Å². The zero-order valence-corrected chi connectivity index (χ0v) is 72.8. The average molecular weight is 1620 g/mol. The summed E-state index contributed by atoms with van der Waals surface area (Å²) in [6, 6.07) is -0.991. The van der Waals surface area contributed by atoms with E-state index in [2.05, 4.69) is 43.5 Å². The molecule has 0 aromatic heterocycles. The molecule has 3 heterocycles. The Morgan fingerprint density at radius 1 is 0.307 bits per heavy atom. The highest BCUT2D eigenvalue weighted by molar-refractivity contribution is 5.76. The van der Waals surface area contributed by atoms with Crippen molar-refractivity contribution < 1.29 is 89.4 Å². The lowest BCUT2D eigenvalue weighted by atomic mass is 9.96. The summed E-state index contributed by atoms with van der Waals surface area (Å²) in [6.07, 6.45) is 70.5. The fourth-order valence-electron chi connectivity index (χ4n) is 16.5. The minimum atomic E-state index is -1.98. The molecule has 114 heavy (non-hydrogen) atoms. The second-order valence-corrected chi connectivity index (χ2v) is 34.5. The van der Waals surface area contributed by atoms with Crippen molar-refractivity contribution in [2.75, 3.05) is 26.4 Å². The Morgan fingerprint density at radius 2 is 0.561 bits per heavy atom. The van der Waals surface area contributed by atoms with Gasteiger partial charge in [-0.3, -0.25) is 4.79 Å². The summed E-state index contributed by atoms with van der Waals surface area (Å²) in [7, 11) is 0. The van der Waals surface area contributed by atoms with Gasteiger partial charge in [0.1, 0.15) is 73.2 Å². The molecule has 19 nitrogen and oxygen atoms in total. The molecule has 3 aliphatic rings. The Morgan fingerprint density at radius 3 is 0.877 bits per heavy atom. The van der Waals surface area contributed by atoms with Gasteiger partial charge in [0, 0.05) is 6.42 Å². The van der Waals surface area contributed by atoms with Gasteiger partial charge in [0.15, 0.2) is 18.9 Å². The molecule has 17 unspecified atom stereocenters. The van der Waals surface area contributed by atoms with Crippen molar-refractivity contribution in [3.8, 4) is 0 Å². The molecule has 3 rings (SSSR count). The number of amides is 1. The van der Waals surface area contributed by atoms with Crippen LogP contribution in [0.25, 0.3) is 0 Å². The van der Waals surface area contributed by atoms with Crippen LogP contribution in [0, 0.1) is 0 Å². The molecule has 1 amide bonds. The minimum absolute atomic E-state index is 0.240. The minimum Gasteiger partial charge on any atom is -0.394 e. The van der Waals surface area contributed by atoms with Crippen molar-refractivity contribution in [3.63, 3.8) is 0 Å². The summed E-state index contributed by atoms with van der Waals surface area (Å²) in [5, 5.41) is 121. The van der Waals surface area contributed by atoms with E-state index in [1.807, 2.05) is 6.08 Å². The largest absolute Gasteiger partial charge is 0.394 e. The van der Waals surface area contributed by atoms with Gasteiger partial charge in [0.2, 0.25) is 5.91 Å². The van der Waals surface area contributed by atoms with Crippen LogP contribution < -0.4 is 5.32 Å². The lowest BCUT2D eigenvalue weighted by Gasteiger charge is -2.48. The van der Waals surface area contributed by atoms with Crippen LogP contribution in [-0.2, 0) is 33.2 Å². The monoisotopic (exact) mass is 1620 g/mol. The first kappa shape index (κ1) is 106. The number of carbonyl (C=O) groups excluding carboxylic acids is 1. The molecule has 3 saturated heterocycles. The number of nitrogens with one attached hydrogen (secondary N) is 1. The van der Waals surface area contributed by atoms with Crippen LogP contribution in [0.15, 0.2) is 36.5 Å². The van der Waals surface area contributed by atoms with Gasteiger partial charge in [-0.1, -0.05) is 403 Å². The molecule has 0 aliphatic carbocycles. The highest BCUT2D eigenvalue weighted by Crippen LogP contribution is 2.34. The first-order chi connectivity index (χ1) is 55.8. The maximum absolute atomic E-state index is 13.5. The number of aliphatic hydroxyl groups excluding tert-OH is 11. The number of ether oxygens (including phenoxy) is 6. The van der Waals surface area contributed by atoms with Crippen molar-refractivity contribution in [2.45, 2.75) is 535 Å². The molecule has 0 aromatic rings. The predicted octanol–water partition coefficient (Wildman–Crippen LogP) is 19.4. The lowest BCUT2D eigenvalue weighted by Crippen LogP contribution is -2.66. The van der Waals surface area contributed by atoms with E-state index < -0.39 is 124 Å². The SMILES string of the molecule is CCCCCCCCCC/C=C\CCCCCCCCCCCCCCCCCCCCCCCCCCCCCC(=O)NC(COC1OC(CO)C(OC2OC(CO)C(OC3OC(CO)C(O)C(O)C3O)C(O)C2O)C(O)C1O)C(O)/C=C/CC/C=C/CCCCCCCCCCCCCCCCCCCCCCCCCC. The summed E-state index contributed by atoms with van der Waals surface area (Å²) in [4.78, 5) is 13.5. The Hall–Kier alpha value is -1.99. The van der Waals surface area contributed by atoms with Crippen molar-refractivity contribution in [1.29, 1.82) is 0 Å². The van der Waals surface area contributed by atoms with E-state index in [4.69, 9.17) is 28.4 Å². The van der Waals surface area contributed by atoms with Crippen LogP contribution in [-0.4, -0.2) is 193 Å². The van der Waals surface area contributed by atoms with Crippen LogP contribution in [0.2, 0.25) is 0 Å². The van der Waals surface area contributed by atoms with Crippen molar-refractivity contribution in [2.24, 2.45) is 0 Å². The molecule has 0 aromatic carbocycles. The third kappa shape index (κ3) is 52.4. The van der Waals surface area contributed by atoms with Gasteiger partial charge in [0.05, 0.1) is 38.6 Å². The average Bonchev–Trinajstić information content (AvgIpc) is 0.783. The predicted molar refractivity (Wildman–Crippen MR) is 462 cm³/mol. The van der Waals surface area contributed by atoms with Gasteiger partial charge in [-0.25, -0.2) is 0 Å². The first-order valence-electron chi connectivity index (χ1n) is 48.2. The number of rotatable bonds is 80. The summed E-state index contributed by atoms with van der Waals surface area (Å²) in [5.41, 5.74) is 0. The number of allylic oxidation sites excluding steroid dienone is 5. The number of aliphatic hydroxyl groups is 11. The van der Waals surface area contributed by atoms with Crippen LogP contribution in [0.5, 0.6) is 0 Å². The number of hydrogen-bond donors (Lipinski definition) is 12. The molecule has 12 N–H and O–H groups in total. The fraction of sp³-hybridized carbons (Fsp3) is 0.926. The van der Waals surface area contributed by atoms with Gasteiger partial charge in [-0.05, 0) is 57.8 Å².